The van der Waals surface area contributed by atoms with Crippen molar-refractivity contribution in [3.8, 4) is 0 Å². The molecule has 112 valence electrons. The molecule has 0 aliphatic carbocycles. The van der Waals surface area contributed by atoms with Gasteiger partial charge in [-0.25, -0.2) is 0 Å². The Morgan fingerprint density at radius 3 is 2.43 bits per heavy atom. The largest absolute Gasteiger partial charge is 0.416 e. The number of hydrogen-bond acceptors (Lipinski definition) is 4. The Kier molecular flexibility index (Phi) is 4.52. The highest BCUT2D eigenvalue weighted by Crippen LogP contribution is 2.29. The van der Waals surface area contributed by atoms with Crippen molar-refractivity contribution in [1.29, 1.82) is 0 Å². The Hall–Kier alpha value is -1.61. The molecule has 2 amide bonds. The first-order valence-electron chi connectivity index (χ1n) is 5.71. The number of hydrogen-bond donors (Lipinski definition) is 1. The van der Waals surface area contributed by atoms with Gasteiger partial charge in [0.1, 0.15) is 10.9 Å². The third kappa shape index (κ3) is 3.94. The van der Waals surface area contributed by atoms with E-state index >= 15 is 0 Å². The Balaban J connectivity index is 1.97. The van der Waals surface area contributed by atoms with Crippen molar-refractivity contribution in [2.24, 2.45) is 0 Å². The summed E-state index contributed by atoms with van der Waals surface area (Å²) in [6.45, 7) is -0.244. The van der Waals surface area contributed by atoms with Crippen molar-refractivity contribution in [3.63, 3.8) is 0 Å². The summed E-state index contributed by atoms with van der Waals surface area (Å²) in [6.07, 6.45) is -4.42. The van der Waals surface area contributed by atoms with Gasteiger partial charge < -0.3 is 5.32 Å². The van der Waals surface area contributed by atoms with Crippen LogP contribution in [0.4, 0.5) is 18.9 Å². The molecule has 0 bridgehead atoms. The van der Waals surface area contributed by atoms with Gasteiger partial charge in [-0.05, 0) is 24.3 Å². The second kappa shape index (κ2) is 6.02. The van der Waals surface area contributed by atoms with Gasteiger partial charge >= 0.3 is 6.18 Å². The molecule has 1 saturated heterocycles. The van der Waals surface area contributed by atoms with E-state index in [9.17, 15) is 22.8 Å². The summed E-state index contributed by atoms with van der Waals surface area (Å²) in [7, 11) is 0. The standard InChI is InChI=1S/C12H9F3N2O2S2/c13-12(14,15)7-1-3-8(4-2-7)16-9(18)5-17-10(19)6-21-11(17)20/h1-4H,5-6H2,(H,16,18). The Labute approximate surface area is 127 Å². The van der Waals surface area contributed by atoms with Gasteiger partial charge in [-0.1, -0.05) is 24.0 Å². The van der Waals surface area contributed by atoms with Crippen molar-refractivity contribution in [1.82, 2.24) is 4.90 Å². The summed E-state index contributed by atoms with van der Waals surface area (Å²) in [4.78, 5) is 24.4. The Bertz CT molecular complexity index is 571. The van der Waals surface area contributed by atoms with Crippen molar-refractivity contribution in [2.45, 2.75) is 6.18 Å². The summed E-state index contributed by atoms with van der Waals surface area (Å²) < 4.78 is 37.5. The fourth-order valence-corrected chi connectivity index (χ4v) is 2.69. The molecule has 1 aliphatic heterocycles. The summed E-state index contributed by atoms with van der Waals surface area (Å²) in [5.41, 5.74) is -0.578. The second-order valence-corrected chi connectivity index (χ2v) is 5.77. The molecule has 0 radical (unpaired) electrons. The smallest absolute Gasteiger partial charge is 0.325 e. The van der Waals surface area contributed by atoms with Crippen LogP contribution in [0.5, 0.6) is 0 Å². The van der Waals surface area contributed by atoms with E-state index in [1.54, 1.807) is 0 Å². The first kappa shape index (κ1) is 15.8. The lowest BCUT2D eigenvalue weighted by Gasteiger charge is -2.14. The van der Waals surface area contributed by atoms with Crippen molar-refractivity contribution in [3.05, 3.63) is 29.8 Å². The molecule has 9 heteroatoms. The van der Waals surface area contributed by atoms with Gasteiger partial charge in [0, 0.05) is 5.69 Å². The number of thiocarbonyl (C=S) groups is 1. The van der Waals surface area contributed by atoms with E-state index in [1.165, 1.54) is 16.7 Å². The number of halogens is 3. The van der Waals surface area contributed by atoms with E-state index in [0.29, 0.717) is 4.32 Å². The van der Waals surface area contributed by atoms with Crippen LogP contribution < -0.4 is 5.32 Å². The summed E-state index contributed by atoms with van der Waals surface area (Å²) in [6, 6.07) is 4.05. The van der Waals surface area contributed by atoms with Crippen LogP contribution in [-0.4, -0.2) is 33.3 Å². The third-order valence-corrected chi connectivity index (χ3v) is 4.07. The fraction of sp³-hybridized carbons (Fsp3) is 0.250. The van der Waals surface area contributed by atoms with Crippen LogP contribution in [0.1, 0.15) is 5.56 Å². The molecule has 0 saturated carbocycles. The average Bonchev–Trinajstić information content (AvgIpc) is 2.70. The molecular formula is C12H9F3N2O2S2. The van der Waals surface area contributed by atoms with Crippen molar-refractivity contribution >= 4 is 45.8 Å². The molecule has 0 spiro atoms. The number of anilines is 1. The predicted octanol–water partition coefficient (Wildman–Crippen LogP) is 2.50. The van der Waals surface area contributed by atoms with Gasteiger partial charge in [0.25, 0.3) is 0 Å². The van der Waals surface area contributed by atoms with E-state index in [0.717, 1.165) is 24.3 Å². The molecule has 1 aromatic carbocycles. The van der Waals surface area contributed by atoms with Crippen LogP contribution >= 0.6 is 24.0 Å². The molecule has 0 aromatic heterocycles. The van der Waals surface area contributed by atoms with Crippen LogP contribution in [0, 0.1) is 0 Å². The first-order valence-corrected chi connectivity index (χ1v) is 7.11. The second-order valence-electron chi connectivity index (χ2n) is 4.16. The molecule has 21 heavy (non-hydrogen) atoms. The molecule has 1 N–H and O–H groups in total. The zero-order valence-corrected chi connectivity index (χ0v) is 12.1. The zero-order valence-electron chi connectivity index (χ0n) is 10.4. The number of alkyl halides is 3. The Morgan fingerprint density at radius 1 is 1.33 bits per heavy atom. The summed E-state index contributed by atoms with van der Waals surface area (Å²) >= 11 is 6.09. The molecular weight excluding hydrogens is 325 g/mol. The minimum absolute atomic E-state index is 0.201. The van der Waals surface area contributed by atoms with Gasteiger partial charge in [0.15, 0.2) is 0 Å². The van der Waals surface area contributed by atoms with Crippen LogP contribution in [0.25, 0.3) is 0 Å². The lowest BCUT2D eigenvalue weighted by molar-refractivity contribution is -0.137. The fourth-order valence-electron chi connectivity index (χ4n) is 1.62. The highest BCUT2D eigenvalue weighted by Gasteiger charge is 2.30. The quantitative estimate of drug-likeness (QED) is 0.863. The van der Waals surface area contributed by atoms with Gasteiger partial charge in [0.05, 0.1) is 11.3 Å². The molecule has 0 atom stereocenters. The molecule has 1 aliphatic rings. The lowest BCUT2D eigenvalue weighted by atomic mass is 10.2. The predicted molar refractivity (Wildman–Crippen MR) is 76.8 cm³/mol. The number of carbonyl (C=O) groups excluding carboxylic acids is 2. The van der Waals surface area contributed by atoms with Crippen molar-refractivity contribution in [2.75, 3.05) is 17.6 Å². The third-order valence-electron chi connectivity index (χ3n) is 2.64. The number of benzene rings is 1. The Morgan fingerprint density at radius 2 is 1.95 bits per heavy atom. The van der Waals surface area contributed by atoms with Gasteiger partial charge in [-0.3, -0.25) is 14.5 Å². The van der Waals surface area contributed by atoms with E-state index in [-0.39, 0.29) is 23.9 Å². The number of thioether (sulfide) groups is 1. The van der Waals surface area contributed by atoms with Crippen LogP contribution in [0.15, 0.2) is 24.3 Å². The van der Waals surface area contributed by atoms with Crippen LogP contribution in [-0.2, 0) is 15.8 Å². The highest BCUT2D eigenvalue weighted by molar-refractivity contribution is 8.23. The zero-order chi connectivity index (χ0) is 15.6. The van der Waals surface area contributed by atoms with E-state index in [4.69, 9.17) is 12.2 Å². The van der Waals surface area contributed by atoms with E-state index < -0.39 is 17.6 Å². The van der Waals surface area contributed by atoms with Gasteiger partial charge in [-0.2, -0.15) is 13.2 Å². The maximum atomic E-state index is 12.4. The molecule has 0 unspecified atom stereocenters. The normalized spacial score (nSPS) is 15.5. The number of nitrogens with one attached hydrogen (secondary N) is 1. The van der Waals surface area contributed by atoms with Gasteiger partial charge in [0.2, 0.25) is 11.8 Å². The number of rotatable bonds is 3. The molecule has 1 fully saturated rings. The van der Waals surface area contributed by atoms with Crippen LogP contribution in [0.2, 0.25) is 0 Å². The molecule has 1 heterocycles. The molecule has 2 rings (SSSR count). The first-order chi connectivity index (χ1) is 9.77. The van der Waals surface area contributed by atoms with E-state index in [1.807, 2.05) is 0 Å². The summed E-state index contributed by atoms with van der Waals surface area (Å²) in [5.74, 6) is -0.577. The average molecular weight is 334 g/mol. The topological polar surface area (TPSA) is 49.4 Å². The monoisotopic (exact) mass is 334 g/mol. The minimum Gasteiger partial charge on any atom is -0.325 e. The number of carbonyl (C=O) groups is 2. The maximum absolute atomic E-state index is 12.4. The SMILES string of the molecule is O=C(CN1C(=O)CSC1=S)Nc1ccc(C(F)(F)F)cc1. The minimum atomic E-state index is -4.42. The van der Waals surface area contributed by atoms with Gasteiger partial charge in [-0.15, -0.1) is 0 Å². The molecule has 1 aromatic rings. The highest BCUT2D eigenvalue weighted by atomic mass is 32.2. The number of amides is 2. The van der Waals surface area contributed by atoms with Crippen LogP contribution in [0.3, 0.4) is 0 Å². The summed E-state index contributed by atoms with van der Waals surface area (Å²) in [5, 5.41) is 2.42. The van der Waals surface area contributed by atoms with E-state index in [2.05, 4.69) is 5.32 Å². The maximum Gasteiger partial charge on any atom is 0.416 e. The van der Waals surface area contributed by atoms with Crippen molar-refractivity contribution < 1.29 is 22.8 Å². The molecule has 4 nitrogen and oxygen atoms in total. The lowest BCUT2D eigenvalue weighted by Crippen LogP contribution is -2.36. The number of nitrogens with zero attached hydrogens (tertiary/aromatic N) is 1.